The zero-order chi connectivity index (χ0) is 18.2. The Labute approximate surface area is 160 Å². The molecule has 0 saturated carbocycles. The number of amides is 1. The van der Waals surface area contributed by atoms with Crippen molar-refractivity contribution in [1.29, 1.82) is 0 Å². The van der Waals surface area contributed by atoms with E-state index in [0.717, 1.165) is 34.5 Å². The number of nitrogens with zero attached hydrogens (tertiary/aromatic N) is 1. The summed E-state index contributed by atoms with van der Waals surface area (Å²) in [5.74, 6) is 0.00368. The summed E-state index contributed by atoms with van der Waals surface area (Å²) >= 11 is 5.99. The van der Waals surface area contributed by atoms with E-state index in [9.17, 15) is 4.79 Å². The largest absolute Gasteiger partial charge is 0.321 e. The predicted octanol–water partition coefficient (Wildman–Crippen LogP) is 5.10. The van der Waals surface area contributed by atoms with Gasteiger partial charge in [0.05, 0.1) is 4.88 Å². The first-order chi connectivity index (χ1) is 11.8. The average molecular weight is 375 g/mol. The van der Waals surface area contributed by atoms with Gasteiger partial charge in [0.15, 0.2) is 0 Å². The molecule has 1 amide bonds. The van der Waals surface area contributed by atoms with E-state index >= 15 is 0 Å². The fraction of sp³-hybridized carbons (Fsp3) is 0.450. The molecule has 1 heterocycles. The maximum Gasteiger partial charge on any atom is 0.266 e. The van der Waals surface area contributed by atoms with Crippen LogP contribution in [-0.4, -0.2) is 17.3 Å². The summed E-state index contributed by atoms with van der Waals surface area (Å²) in [5.41, 5.74) is 4.81. The second kappa shape index (κ2) is 7.14. The molecule has 1 aliphatic carbocycles. The van der Waals surface area contributed by atoms with Crippen LogP contribution in [0.3, 0.4) is 0 Å². The number of carbonyl (C=O) groups is 1. The van der Waals surface area contributed by atoms with Crippen LogP contribution >= 0.6 is 24.2 Å². The van der Waals surface area contributed by atoms with E-state index in [1.807, 2.05) is 35.6 Å². The van der Waals surface area contributed by atoms with Gasteiger partial charge in [0.1, 0.15) is 0 Å². The number of hydrogen-bond donors (Lipinski definition) is 2. The van der Waals surface area contributed by atoms with Crippen LogP contribution in [0.25, 0.3) is 0 Å². The van der Waals surface area contributed by atoms with Crippen LogP contribution < -0.4 is 5.32 Å². The van der Waals surface area contributed by atoms with Gasteiger partial charge in [0.2, 0.25) is 0 Å². The highest BCUT2D eigenvalue weighted by molar-refractivity contribution is 7.77. The number of rotatable bonds is 4. The van der Waals surface area contributed by atoms with E-state index in [4.69, 9.17) is 0 Å². The van der Waals surface area contributed by atoms with Gasteiger partial charge in [-0.3, -0.25) is 9.10 Å². The molecule has 0 bridgehead atoms. The van der Waals surface area contributed by atoms with E-state index in [1.54, 1.807) is 11.3 Å². The molecule has 0 unspecified atom stereocenters. The number of aryl methyl sites for hydroxylation is 1. The molecule has 25 heavy (non-hydrogen) atoms. The summed E-state index contributed by atoms with van der Waals surface area (Å²) in [4.78, 5) is 15.2. The van der Waals surface area contributed by atoms with Crippen molar-refractivity contribution in [3.63, 3.8) is 0 Å². The lowest BCUT2D eigenvalue weighted by Crippen LogP contribution is -2.21. The monoisotopic (exact) mass is 374 g/mol. The van der Waals surface area contributed by atoms with E-state index in [2.05, 4.69) is 38.9 Å². The number of fused-ring (bicyclic) bond motifs is 1. The molecule has 1 N–H and O–H groups in total. The van der Waals surface area contributed by atoms with Crippen LogP contribution in [0.15, 0.2) is 24.3 Å². The number of carbonyl (C=O) groups excluding carboxylic acids is 1. The molecule has 0 fully saturated rings. The first-order valence-electron chi connectivity index (χ1n) is 8.67. The molecule has 0 aliphatic heterocycles. The summed E-state index contributed by atoms with van der Waals surface area (Å²) in [6, 6.07) is 7.92. The Kier molecular flexibility index (Phi) is 5.28. The molecule has 0 saturated heterocycles. The maximum atomic E-state index is 12.9. The highest BCUT2D eigenvalue weighted by atomic mass is 32.1. The number of benzene rings is 1. The topological polar surface area (TPSA) is 32.3 Å². The van der Waals surface area contributed by atoms with Crippen LogP contribution in [0.2, 0.25) is 0 Å². The zero-order valence-electron chi connectivity index (χ0n) is 15.3. The summed E-state index contributed by atoms with van der Waals surface area (Å²) in [5, 5.41) is 3.11. The maximum absolute atomic E-state index is 12.9. The fourth-order valence-corrected chi connectivity index (χ4v) is 4.85. The molecular formula is C20H26N2OS2. The van der Waals surface area contributed by atoms with Crippen LogP contribution in [-0.2, 0) is 19.4 Å². The first kappa shape index (κ1) is 18.5. The van der Waals surface area contributed by atoms with Gasteiger partial charge in [-0.25, -0.2) is 0 Å². The van der Waals surface area contributed by atoms with Crippen LogP contribution in [0.1, 0.15) is 51.5 Å². The van der Waals surface area contributed by atoms with Crippen molar-refractivity contribution in [1.82, 2.24) is 4.31 Å². The van der Waals surface area contributed by atoms with Gasteiger partial charge in [-0.2, -0.15) is 0 Å². The SMILES string of the molecule is Cc1c(C(=O)Nc2ccccc2CN(C)S)sc2c1CC(C)(C)CC2. The lowest BCUT2D eigenvalue weighted by Gasteiger charge is -2.29. The Balaban J connectivity index is 1.85. The number of hydrogen-bond acceptors (Lipinski definition) is 4. The van der Waals surface area contributed by atoms with Crippen molar-refractivity contribution in [2.75, 3.05) is 12.4 Å². The predicted molar refractivity (Wildman–Crippen MR) is 110 cm³/mol. The van der Waals surface area contributed by atoms with E-state index in [1.165, 1.54) is 16.9 Å². The molecule has 0 radical (unpaired) electrons. The normalized spacial score (nSPS) is 15.9. The quantitative estimate of drug-likeness (QED) is 0.730. The molecule has 5 heteroatoms. The van der Waals surface area contributed by atoms with Crippen molar-refractivity contribution in [2.45, 2.75) is 46.6 Å². The van der Waals surface area contributed by atoms with Crippen molar-refractivity contribution < 1.29 is 4.79 Å². The van der Waals surface area contributed by atoms with Crippen LogP contribution in [0.5, 0.6) is 0 Å². The fourth-order valence-electron chi connectivity index (χ4n) is 3.48. The second-order valence-corrected chi connectivity index (χ2v) is 9.51. The number of para-hydroxylation sites is 1. The third kappa shape index (κ3) is 4.10. The third-order valence-electron chi connectivity index (χ3n) is 4.91. The first-order valence-corrected chi connectivity index (χ1v) is 9.89. The lowest BCUT2D eigenvalue weighted by molar-refractivity contribution is 0.102. The van der Waals surface area contributed by atoms with Gasteiger partial charge in [-0.1, -0.05) is 44.9 Å². The molecule has 2 aromatic rings. The molecule has 3 rings (SSSR count). The van der Waals surface area contributed by atoms with Crippen molar-refractivity contribution in [2.24, 2.45) is 5.41 Å². The van der Waals surface area contributed by atoms with Gasteiger partial charge in [-0.15, -0.1) is 11.3 Å². The van der Waals surface area contributed by atoms with Gasteiger partial charge in [0, 0.05) is 17.1 Å². The minimum atomic E-state index is 0.00368. The zero-order valence-corrected chi connectivity index (χ0v) is 17.1. The smallest absolute Gasteiger partial charge is 0.266 e. The van der Waals surface area contributed by atoms with Crippen molar-refractivity contribution in [3.05, 3.63) is 50.7 Å². The number of anilines is 1. The standard InChI is InChI=1S/C20H26N2OS2/c1-13-15-11-20(2,3)10-9-17(15)25-18(13)19(23)21-16-8-6-5-7-14(16)12-22(4)24/h5-8,24H,9-12H2,1-4H3,(H,21,23). The Morgan fingerprint density at radius 2 is 2.08 bits per heavy atom. The summed E-state index contributed by atoms with van der Waals surface area (Å²) in [7, 11) is 1.90. The van der Waals surface area contributed by atoms with Crippen LogP contribution in [0, 0.1) is 12.3 Å². The van der Waals surface area contributed by atoms with E-state index in [-0.39, 0.29) is 5.91 Å². The Hall–Kier alpha value is -1.30. The number of thiol groups is 1. The highest BCUT2D eigenvalue weighted by Gasteiger charge is 2.30. The molecule has 1 aromatic heterocycles. The van der Waals surface area contributed by atoms with Crippen LogP contribution in [0.4, 0.5) is 5.69 Å². The van der Waals surface area contributed by atoms with Gasteiger partial charge >= 0.3 is 0 Å². The molecule has 1 aromatic carbocycles. The molecule has 134 valence electrons. The Morgan fingerprint density at radius 3 is 2.80 bits per heavy atom. The molecule has 0 spiro atoms. The molecule has 0 atom stereocenters. The second-order valence-electron chi connectivity index (χ2n) is 7.73. The molecule has 3 nitrogen and oxygen atoms in total. The average Bonchev–Trinajstić information content (AvgIpc) is 2.84. The van der Waals surface area contributed by atoms with Gasteiger partial charge in [-0.05, 0) is 61.4 Å². The lowest BCUT2D eigenvalue weighted by atomic mass is 9.76. The summed E-state index contributed by atoms with van der Waals surface area (Å²) in [6.07, 6.45) is 3.35. The van der Waals surface area contributed by atoms with Crippen molar-refractivity contribution >= 4 is 35.7 Å². The number of thiophene rings is 1. The summed E-state index contributed by atoms with van der Waals surface area (Å²) < 4.78 is 1.81. The van der Waals surface area contributed by atoms with E-state index < -0.39 is 0 Å². The minimum Gasteiger partial charge on any atom is -0.321 e. The Bertz CT molecular complexity index is 793. The highest BCUT2D eigenvalue weighted by Crippen LogP contribution is 2.41. The third-order valence-corrected chi connectivity index (χ3v) is 6.44. The summed E-state index contributed by atoms with van der Waals surface area (Å²) in [6.45, 7) is 7.40. The van der Waals surface area contributed by atoms with Crippen molar-refractivity contribution in [3.8, 4) is 0 Å². The Morgan fingerprint density at radius 1 is 1.36 bits per heavy atom. The molecule has 1 aliphatic rings. The van der Waals surface area contributed by atoms with E-state index in [0.29, 0.717) is 12.0 Å². The molecular weight excluding hydrogens is 348 g/mol. The number of nitrogens with one attached hydrogen (secondary N) is 1. The minimum absolute atomic E-state index is 0.00368. The van der Waals surface area contributed by atoms with Gasteiger partial charge in [0.25, 0.3) is 5.91 Å². The van der Waals surface area contributed by atoms with Gasteiger partial charge < -0.3 is 5.32 Å².